The summed E-state index contributed by atoms with van der Waals surface area (Å²) >= 11 is 1.16. The van der Waals surface area contributed by atoms with Crippen LogP contribution in [0.25, 0.3) is 0 Å². The van der Waals surface area contributed by atoms with E-state index in [4.69, 9.17) is 4.74 Å². The zero-order valence-electron chi connectivity index (χ0n) is 9.94. The predicted molar refractivity (Wildman–Crippen MR) is 67.3 cm³/mol. The zero-order chi connectivity index (χ0) is 12.3. The quantitative estimate of drug-likeness (QED) is 0.698. The molecular weight excluding hydrogens is 240 g/mol. The topological polar surface area (TPSA) is 76.1 Å². The van der Waals surface area contributed by atoms with Gasteiger partial charge in [0.1, 0.15) is 5.00 Å². The Morgan fingerprint density at radius 3 is 2.94 bits per heavy atom. The van der Waals surface area contributed by atoms with Gasteiger partial charge in [-0.05, 0) is 12.8 Å². The standard InChI is InChI=1S/C10H18N4O2S/c1-16-7-5-3-2-4-6-11-10(15)13-9-8-12-14-17-9/h8H,2-7H2,1H3,(H2,11,13,15). The van der Waals surface area contributed by atoms with E-state index in [2.05, 4.69) is 20.2 Å². The van der Waals surface area contributed by atoms with Gasteiger partial charge < -0.3 is 10.1 Å². The van der Waals surface area contributed by atoms with Gasteiger partial charge in [-0.25, -0.2) is 4.79 Å². The highest BCUT2D eigenvalue weighted by molar-refractivity contribution is 7.10. The number of aromatic nitrogens is 2. The van der Waals surface area contributed by atoms with E-state index in [-0.39, 0.29) is 6.03 Å². The number of urea groups is 1. The fourth-order valence-corrected chi connectivity index (χ4v) is 1.72. The highest BCUT2D eigenvalue weighted by atomic mass is 32.1. The third kappa shape index (κ3) is 6.85. The van der Waals surface area contributed by atoms with Gasteiger partial charge in [-0.1, -0.05) is 17.3 Å². The molecule has 0 spiro atoms. The monoisotopic (exact) mass is 258 g/mol. The molecule has 7 heteroatoms. The Bertz CT molecular complexity index is 305. The summed E-state index contributed by atoms with van der Waals surface area (Å²) in [7, 11) is 1.71. The van der Waals surface area contributed by atoms with Crippen LogP contribution in [0.3, 0.4) is 0 Å². The van der Waals surface area contributed by atoms with E-state index in [0.29, 0.717) is 11.5 Å². The van der Waals surface area contributed by atoms with Gasteiger partial charge in [0, 0.05) is 31.8 Å². The van der Waals surface area contributed by atoms with E-state index in [9.17, 15) is 4.79 Å². The van der Waals surface area contributed by atoms with Crippen molar-refractivity contribution >= 4 is 22.6 Å². The van der Waals surface area contributed by atoms with Gasteiger partial charge in [0.15, 0.2) is 0 Å². The lowest BCUT2D eigenvalue weighted by atomic mass is 10.2. The number of nitrogens with zero attached hydrogens (tertiary/aromatic N) is 2. The van der Waals surface area contributed by atoms with Crippen LogP contribution in [-0.2, 0) is 4.74 Å². The van der Waals surface area contributed by atoms with Crippen molar-refractivity contribution in [1.82, 2.24) is 14.9 Å². The van der Waals surface area contributed by atoms with Crippen molar-refractivity contribution in [3.63, 3.8) is 0 Å². The second kappa shape index (κ2) is 8.89. The third-order valence-electron chi connectivity index (χ3n) is 2.16. The Morgan fingerprint density at radius 2 is 2.24 bits per heavy atom. The van der Waals surface area contributed by atoms with Crippen molar-refractivity contribution in [2.24, 2.45) is 0 Å². The molecule has 0 bridgehead atoms. The van der Waals surface area contributed by atoms with Crippen LogP contribution in [0.4, 0.5) is 9.80 Å². The molecule has 1 aromatic heterocycles. The lowest BCUT2D eigenvalue weighted by molar-refractivity contribution is 0.192. The molecule has 0 saturated carbocycles. The Morgan fingerprint density at radius 1 is 1.41 bits per heavy atom. The van der Waals surface area contributed by atoms with Crippen LogP contribution in [0, 0.1) is 0 Å². The summed E-state index contributed by atoms with van der Waals surface area (Å²) in [6.07, 6.45) is 5.82. The lowest BCUT2D eigenvalue weighted by Gasteiger charge is -2.05. The largest absolute Gasteiger partial charge is 0.385 e. The summed E-state index contributed by atoms with van der Waals surface area (Å²) in [5, 5.41) is 9.72. The molecule has 2 amide bonds. The number of anilines is 1. The van der Waals surface area contributed by atoms with Gasteiger partial charge in [-0.15, -0.1) is 5.10 Å². The second-order valence-electron chi connectivity index (χ2n) is 3.57. The number of nitrogens with one attached hydrogen (secondary N) is 2. The summed E-state index contributed by atoms with van der Waals surface area (Å²) in [6, 6.07) is -0.201. The fraction of sp³-hybridized carbons (Fsp3) is 0.700. The molecule has 0 aromatic carbocycles. The van der Waals surface area contributed by atoms with E-state index in [1.54, 1.807) is 7.11 Å². The molecule has 0 aliphatic heterocycles. The summed E-state index contributed by atoms with van der Waals surface area (Å²) in [5.41, 5.74) is 0. The van der Waals surface area contributed by atoms with Crippen LogP contribution >= 0.6 is 11.5 Å². The average Bonchev–Trinajstić information content (AvgIpc) is 2.80. The SMILES string of the molecule is COCCCCCCNC(=O)Nc1cnns1. The molecule has 0 unspecified atom stereocenters. The summed E-state index contributed by atoms with van der Waals surface area (Å²) in [5.74, 6) is 0. The van der Waals surface area contributed by atoms with Crippen molar-refractivity contribution in [3.05, 3.63) is 6.20 Å². The van der Waals surface area contributed by atoms with Gasteiger partial charge in [-0.3, -0.25) is 5.32 Å². The van der Waals surface area contributed by atoms with Crippen molar-refractivity contribution < 1.29 is 9.53 Å². The van der Waals surface area contributed by atoms with Gasteiger partial charge in [-0.2, -0.15) is 0 Å². The van der Waals surface area contributed by atoms with E-state index >= 15 is 0 Å². The first kappa shape index (κ1) is 13.9. The zero-order valence-corrected chi connectivity index (χ0v) is 10.8. The molecular formula is C10H18N4O2S. The smallest absolute Gasteiger partial charge is 0.319 e. The van der Waals surface area contributed by atoms with E-state index in [1.165, 1.54) is 6.20 Å². The molecule has 0 fully saturated rings. The van der Waals surface area contributed by atoms with Crippen molar-refractivity contribution in [1.29, 1.82) is 0 Å². The van der Waals surface area contributed by atoms with Gasteiger partial charge in [0.25, 0.3) is 0 Å². The van der Waals surface area contributed by atoms with E-state index < -0.39 is 0 Å². The summed E-state index contributed by atoms with van der Waals surface area (Å²) in [4.78, 5) is 11.4. The average molecular weight is 258 g/mol. The lowest BCUT2D eigenvalue weighted by Crippen LogP contribution is -2.29. The molecule has 0 radical (unpaired) electrons. The van der Waals surface area contributed by atoms with E-state index in [1.807, 2.05) is 0 Å². The predicted octanol–water partition coefficient (Wildman–Crippen LogP) is 1.87. The minimum Gasteiger partial charge on any atom is -0.385 e. The van der Waals surface area contributed by atoms with Crippen LogP contribution in [0.1, 0.15) is 25.7 Å². The minimum absolute atomic E-state index is 0.201. The number of hydrogen-bond donors (Lipinski definition) is 2. The second-order valence-corrected chi connectivity index (χ2v) is 4.36. The summed E-state index contributed by atoms with van der Waals surface area (Å²) in [6.45, 7) is 1.50. The fourth-order valence-electron chi connectivity index (χ4n) is 1.31. The van der Waals surface area contributed by atoms with Crippen molar-refractivity contribution in [2.75, 3.05) is 25.6 Å². The molecule has 2 N–H and O–H groups in total. The molecule has 1 aromatic rings. The first-order chi connectivity index (χ1) is 8.33. The number of amides is 2. The van der Waals surface area contributed by atoms with Crippen molar-refractivity contribution in [2.45, 2.75) is 25.7 Å². The maximum absolute atomic E-state index is 11.4. The maximum atomic E-state index is 11.4. The molecule has 0 aliphatic rings. The first-order valence-electron chi connectivity index (χ1n) is 5.64. The summed E-state index contributed by atoms with van der Waals surface area (Å²) < 4.78 is 8.61. The number of hydrogen-bond acceptors (Lipinski definition) is 5. The molecule has 1 heterocycles. The van der Waals surface area contributed by atoms with E-state index in [0.717, 1.165) is 43.8 Å². The highest BCUT2D eigenvalue weighted by Gasteiger charge is 2.01. The Kier molecular flexibility index (Phi) is 7.24. The molecule has 17 heavy (non-hydrogen) atoms. The maximum Gasteiger partial charge on any atom is 0.319 e. The molecule has 96 valence electrons. The number of unbranched alkanes of at least 4 members (excludes halogenated alkanes) is 3. The molecule has 0 saturated heterocycles. The van der Waals surface area contributed by atoms with Gasteiger partial charge in [0.2, 0.25) is 0 Å². The van der Waals surface area contributed by atoms with Crippen molar-refractivity contribution in [3.8, 4) is 0 Å². The van der Waals surface area contributed by atoms with Crippen LogP contribution in [0.2, 0.25) is 0 Å². The molecule has 0 aliphatic carbocycles. The van der Waals surface area contributed by atoms with Crippen LogP contribution in [0.15, 0.2) is 6.20 Å². The molecule has 1 rings (SSSR count). The molecule has 6 nitrogen and oxygen atoms in total. The number of carbonyl (C=O) groups is 1. The Labute approximate surface area is 105 Å². The molecule has 0 atom stereocenters. The van der Waals surface area contributed by atoms with Crippen LogP contribution in [0.5, 0.6) is 0 Å². The van der Waals surface area contributed by atoms with Gasteiger partial charge >= 0.3 is 6.03 Å². The minimum atomic E-state index is -0.201. The number of rotatable bonds is 8. The number of methoxy groups -OCH3 is 1. The normalized spacial score (nSPS) is 10.2. The number of ether oxygens (including phenoxy) is 1. The third-order valence-corrected chi connectivity index (χ3v) is 2.74. The Balaban J connectivity index is 1.94. The Hall–Kier alpha value is -1.21. The highest BCUT2D eigenvalue weighted by Crippen LogP contribution is 2.08. The number of carbonyl (C=O) groups excluding carboxylic acids is 1. The first-order valence-corrected chi connectivity index (χ1v) is 6.41. The van der Waals surface area contributed by atoms with Crippen LogP contribution < -0.4 is 10.6 Å². The van der Waals surface area contributed by atoms with Gasteiger partial charge in [0.05, 0.1) is 6.20 Å². The van der Waals surface area contributed by atoms with Crippen LogP contribution in [-0.4, -0.2) is 35.9 Å².